The number of nitrogen functional groups attached to an aromatic ring is 1. The van der Waals surface area contributed by atoms with Crippen LogP contribution in [0.5, 0.6) is 6.01 Å². The fourth-order valence-electron chi connectivity index (χ4n) is 1.08. The highest BCUT2D eigenvalue weighted by Gasteiger charge is 2.26. The van der Waals surface area contributed by atoms with Crippen LogP contribution in [0.2, 0.25) is 0 Å². The Kier molecular flexibility index (Phi) is 5.10. The maximum Gasteiger partial charge on any atom is 0.390 e. The Labute approximate surface area is 107 Å². The fourth-order valence-corrected chi connectivity index (χ4v) is 1.08. The molecule has 0 amide bonds. The molecule has 1 heterocycles. The normalized spacial score (nSPS) is 11.5. The number of nitrogens with zero attached hydrogens (tertiary/aromatic N) is 3. The molecule has 0 aliphatic carbocycles. The van der Waals surface area contributed by atoms with Crippen LogP contribution in [0.25, 0.3) is 0 Å². The van der Waals surface area contributed by atoms with E-state index in [1.807, 2.05) is 0 Å². The van der Waals surface area contributed by atoms with E-state index in [4.69, 9.17) is 10.6 Å². The van der Waals surface area contributed by atoms with Crippen molar-refractivity contribution in [3.05, 3.63) is 0 Å². The average molecular weight is 280 g/mol. The van der Waals surface area contributed by atoms with Gasteiger partial charge in [0.2, 0.25) is 11.9 Å². The van der Waals surface area contributed by atoms with Crippen LogP contribution in [-0.2, 0) is 0 Å². The van der Waals surface area contributed by atoms with Gasteiger partial charge in [-0.3, -0.25) is 5.43 Å². The summed E-state index contributed by atoms with van der Waals surface area (Å²) < 4.78 is 41.2. The number of aromatic nitrogens is 3. The first kappa shape index (κ1) is 15.2. The first-order valence-electron chi connectivity index (χ1n) is 5.50. The van der Waals surface area contributed by atoms with Crippen molar-refractivity contribution >= 4 is 11.9 Å². The Bertz CT molecular complexity index is 411. The largest absolute Gasteiger partial charge is 0.461 e. The SMILES string of the molecule is CC(C)Oc1nc(NN)nc(NCCC(F)(F)F)n1. The lowest BCUT2D eigenvalue weighted by atomic mass is 10.4. The number of rotatable bonds is 6. The van der Waals surface area contributed by atoms with Crippen LogP contribution in [0.1, 0.15) is 20.3 Å². The summed E-state index contributed by atoms with van der Waals surface area (Å²) in [7, 11) is 0. The van der Waals surface area contributed by atoms with E-state index < -0.39 is 12.6 Å². The molecule has 1 aromatic rings. The molecule has 0 spiro atoms. The van der Waals surface area contributed by atoms with Gasteiger partial charge in [-0.05, 0) is 13.8 Å². The van der Waals surface area contributed by atoms with Crippen molar-refractivity contribution in [3.8, 4) is 6.01 Å². The minimum Gasteiger partial charge on any atom is -0.461 e. The van der Waals surface area contributed by atoms with Gasteiger partial charge >= 0.3 is 12.2 Å². The van der Waals surface area contributed by atoms with Crippen molar-refractivity contribution in [2.75, 3.05) is 17.3 Å². The summed E-state index contributed by atoms with van der Waals surface area (Å²) in [6, 6.07) is -0.0209. The molecular formula is C9H15F3N6O. The van der Waals surface area contributed by atoms with Crippen molar-refractivity contribution in [2.24, 2.45) is 5.84 Å². The molecule has 0 saturated heterocycles. The van der Waals surface area contributed by atoms with Crippen LogP contribution < -0.4 is 21.3 Å². The molecule has 0 bridgehead atoms. The van der Waals surface area contributed by atoms with Crippen molar-refractivity contribution in [2.45, 2.75) is 32.5 Å². The Balaban J connectivity index is 2.71. The number of hydrogen-bond donors (Lipinski definition) is 3. The molecule has 1 rings (SSSR count). The quantitative estimate of drug-likeness (QED) is 0.533. The maximum absolute atomic E-state index is 12.0. The maximum atomic E-state index is 12.0. The highest BCUT2D eigenvalue weighted by atomic mass is 19.4. The number of nitrogens with one attached hydrogen (secondary N) is 2. The molecule has 0 radical (unpaired) electrons. The van der Waals surface area contributed by atoms with E-state index in [0.717, 1.165) is 0 Å². The zero-order valence-corrected chi connectivity index (χ0v) is 10.5. The minimum atomic E-state index is -4.24. The molecule has 0 saturated carbocycles. The predicted octanol–water partition coefficient (Wildman–Crippen LogP) is 1.31. The Hall–Kier alpha value is -1.84. The molecule has 0 aliphatic heterocycles. The zero-order chi connectivity index (χ0) is 14.5. The van der Waals surface area contributed by atoms with Crippen LogP contribution in [0.4, 0.5) is 25.1 Å². The summed E-state index contributed by atoms with van der Waals surface area (Å²) in [6.07, 6.45) is -5.42. The lowest BCUT2D eigenvalue weighted by Gasteiger charge is -2.11. The lowest BCUT2D eigenvalue weighted by Crippen LogP contribution is -2.19. The van der Waals surface area contributed by atoms with Crippen LogP contribution >= 0.6 is 0 Å². The number of alkyl halides is 3. The number of hydrazine groups is 1. The predicted molar refractivity (Wildman–Crippen MR) is 62.6 cm³/mol. The highest BCUT2D eigenvalue weighted by Crippen LogP contribution is 2.19. The van der Waals surface area contributed by atoms with E-state index in [2.05, 4.69) is 25.7 Å². The van der Waals surface area contributed by atoms with Crippen molar-refractivity contribution < 1.29 is 17.9 Å². The van der Waals surface area contributed by atoms with E-state index >= 15 is 0 Å². The second-order valence-corrected chi connectivity index (χ2v) is 3.87. The summed E-state index contributed by atoms with van der Waals surface area (Å²) >= 11 is 0. The van der Waals surface area contributed by atoms with E-state index in [-0.39, 0.29) is 30.6 Å². The number of ether oxygens (including phenoxy) is 1. The summed E-state index contributed by atoms with van der Waals surface area (Å²) in [6.45, 7) is 3.17. The van der Waals surface area contributed by atoms with Gasteiger partial charge < -0.3 is 10.1 Å². The molecule has 0 unspecified atom stereocenters. The molecule has 1 aromatic heterocycles. The van der Waals surface area contributed by atoms with Gasteiger partial charge in [-0.2, -0.15) is 28.1 Å². The Morgan fingerprint density at radius 1 is 1.21 bits per heavy atom. The third-order valence-corrected chi connectivity index (χ3v) is 1.78. The van der Waals surface area contributed by atoms with Gasteiger partial charge in [0, 0.05) is 6.54 Å². The first-order valence-corrected chi connectivity index (χ1v) is 5.50. The monoisotopic (exact) mass is 280 g/mol. The van der Waals surface area contributed by atoms with Crippen LogP contribution in [0.15, 0.2) is 0 Å². The molecule has 0 aromatic carbocycles. The standard InChI is InChI=1S/C9H15F3N6O/c1-5(2)19-8-16-6(15-7(17-8)18-13)14-4-3-9(10,11)12/h5H,3-4,13H2,1-2H3,(H2,14,15,16,17,18). The molecule has 0 fully saturated rings. The Morgan fingerprint density at radius 2 is 1.84 bits per heavy atom. The van der Waals surface area contributed by atoms with Gasteiger partial charge in [-0.25, -0.2) is 5.84 Å². The van der Waals surface area contributed by atoms with Crippen LogP contribution in [-0.4, -0.2) is 33.8 Å². The number of nitrogens with two attached hydrogens (primary N) is 1. The summed E-state index contributed by atoms with van der Waals surface area (Å²) in [5.41, 5.74) is 2.18. The van der Waals surface area contributed by atoms with Crippen molar-refractivity contribution in [3.63, 3.8) is 0 Å². The molecular weight excluding hydrogens is 265 g/mol. The van der Waals surface area contributed by atoms with Gasteiger partial charge in [0.1, 0.15) is 0 Å². The van der Waals surface area contributed by atoms with Gasteiger partial charge in [-0.15, -0.1) is 0 Å². The van der Waals surface area contributed by atoms with E-state index in [0.29, 0.717) is 0 Å². The summed E-state index contributed by atoms with van der Waals surface area (Å²) in [5, 5.41) is 2.43. The van der Waals surface area contributed by atoms with Crippen molar-refractivity contribution in [1.82, 2.24) is 15.0 Å². The van der Waals surface area contributed by atoms with E-state index in [1.165, 1.54) is 0 Å². The summed E-state index contributed by atoms with van der Waals surface area (Å²) in [5.74, 6) is 5.11. The molecule has 19 heavy (non-hydrogen) atoms. The molecule has 4 N–H and O–H groups in total. The van der Waals surface area contributed by atoms with Crippen LogP contribution in [0.3, 0.4) is 0 Å². The second kappa shape index (κ2) is 6.36. The number of hydrogen-bond acceptors (Lipinski definition) is 7. The Morgan fingerprint density at radius 3 is 2.37 bits per heavy atom. The van der Waals surface area contributed by atoms with Gasteiger partial charge in [0.25, 0.3) is 0 Å². The molecule has 108 valence electrons. The third-order valence-electron chi connectivity index (χ3n) is 1.78. The topological polar surface area (TPSA) is 98.0 Å². The smallest absolute Gasteiger partial charge is 0.390 e. The third kappa shape index (κ3) is 6.04. The van der Waals surface area contributed by atoms with Gasteiger partial charge in [0.05, 0.1) is 12.5 Å². The van der Waals surface area contributed by atoms with Gasteiger partial charge in [0.15, 0.2) is 0 Å². The number of halogens is 3. The number of anilines is 2. The van der Waals surface area contributed by atoms with E-state index in [9.17, 15) is 13.2 Å². The second-order valence-electron chi connectivity index (χ2n) is 3.87. The average Bonchev–Trinajstić information content (AvgIpc) is 2.26. The molecule has 0 atom stereocenters. The van der Waals surface area contributed by atoms with Gasteiger partial charge in [-0.1, -0.05) is 0 Å². The lowest BCUT2D eigenvalue weighted by molar-refractivity contribution is -0.131. The summed E-state index contributed by atoms with van der Waals surface area (Å²) in [4.78, 5) is 11.4. The molecule has 0 aliphatic rings. The van der Waals surface area contributed by atoms with Crippen LogP contribution in [0, 0.1) is 0 Å². The fraction of sp³-hybridized carbons (Fsp3) is 0.667. The molecule has 10 heteroatoms. The van der Waals surface area contributed by atoms with E-state index in [1.54, 1.807) is 13.8 Å². The van der Waals surface area contributed by atoms with Crippen molar-refractivity contribution in [1.29, 1.82) is 0 Å². The zero-order valence-electron chi connectivity index (χ0n) is 10.5. The first-order chi connectivity index (χ1) is 8.80. The molecule has 7 nitrogen and oxygen atoms in total. The minimum absolute atomic E-state index is 0.000147. The highest BCUT2D eigenvalue weighted by molar-refractivity contribution is 5.34.